The summed E-state index contributed by atoms with van der Waals surface area (Å²) in [6.45, 7) is 0. The molecule has 0 saturated carbocycles. The maximum Gasteiger partial charge on any atom is 0.115 e. The van der Waals surface area contributed by atoms with Gasteiger partial charge in [-0.3, -0.25) is 0 Å². The Bertz CT molecular complexity index is 470. The van der Waals surface area contributed by atoms with Crippen LogP contribution >= 0.6 is 0 Å². The summed E-state index contributed by atoms with van der Waals surface area (Å²) < 4.78 is 0. The van der Waals surface area contributed by atoms with Gasteiger partial charge >= 0.3 is 0 Å². The minimum atomic E-state index is 0.440. The van der Waals surface area contributed by atoms with Crippen LogP contribution in [0.1, 0.15) is 36.3 Å². The van der Waals surface area contributed by atoms with Crippen molar-refractivity contribution < 1.29 is 5.11 Å². The molecular weight excluding hydrogens is 210 g/mol. The van der Waals surface area contributed by atoms with Crippen LogP contribution in [0.4, 0.5) is 0 Å². The molecule has 0 aromatic heterocycles. The monoisotopic (exact) mass is 229 g/mol. The smallest absolute Gasteiger partial charge is 0.115 e. The van der Waals surface area contributed by atoms with Gasteiger partial charge < -0.3 is 10.0 Å². The number of phenolic OH excluding ortho intramolecular Hbond substituents is 1. The van der Waals surface area contributed by atoms with Crippen molar-refractivity contribution in [1.82, 2.24) is 4.90 Å². The molecule has 2 fully saturated rings. The molecule has 17 heavy (non-hydrogen) atoms. The highest BCUT2D eigenvalue weighted by Crippen LogP contribution is 2.52. The second kappa shape index (κ2) is 3.26. The van der Waals surface area contributed by atoms with Crippen molar-refractivity contribution in [2.45, 2.75) is 43.7 Å². The van der Waals surface area contributed by atoms with Crippen molar-refractivity contribution in [2.24, 2.45) is 5.92 Å². The van der Waals surface area contributed by atoms with Gasteiger partial charge in [-0.2, -0.15) is 0 Å². The quantitative estimate of drug-likeness (QED) is 0.739. The molecule has 4 unspecified atom stereocenters. The second-order valence-electron chi connectivity index (χ2n) is 6.06. The van der Waals surface area contributed by atoms with Crippen LogP contribution in [0.3, 0.4) is 0 Å². The number of phenols is 1. The molecule has 1 aromatic rings. The topological polar surface area (TPSA) is 23.5 Å². The molecule has 2 heteroatoms. The van der Waals surface area contributed by atoms with E-state index in [0.717, 1.165) is 18.0 Å². The van der Waals surface area contributed by atoms with Gasteiger partial charge in [0.25, 0.3) is 0 Å². The summed E-state index contributed by atoms with van der Waals surface area (Å²) in [4.78, 5) is 2.62. The van der Waals surface area contributed by atoms with Crippen molar-refractivity contribution >= 4 is 0 Å². The Hall–Kier alpha value is -1.02. The van der Waals surface area contributed by atoms with Crippen LogP contribution in [-0.2, 0) is 6.42 Å². The zero-order valence-electron chi connectivity index (χ0n) is 10.3. The van der Waals surface area contributed by atoms with Crippen LogP contribution in [0.2, 0.25) is 0 Å². The molecular formula is C15H19NO. The largest absolute Gasteiger partial charge is 0.508 e. The van der Waals surface area contributed by atoms with Gasteiger partial charge in [0.05, 0.1) is 0 Å². The normalized spacial score (nSPS) is 39.1. The Morgan fingerprint density at radius 2 is 2.18 bits per heavy atom. The molecule has 2 nitrogen and oxygen atoms in total. The van der Waals surface area contributed by atoms with Gasteiger partial charge in [-0.15, -0.1) is 0 Å². The summed E-state index contributed by atoms with van der Waals surface area (Å²) in [7, 11) is 2.30. The molecule has 0 radical (unpaired) electrons. The molecule has 4 atom stereocenters. The lowest BCUT2D eigenvalue weighted by atomic mass is 9.81. The van der Waals surface area contributed by atoms with Gasteiger partial charge in [0.1, 0.15) is 5.75 Å². The Morgan fingerprint density at radius 3 is 3.06 bits per heavy atom. The molecule has 2 saturated heterocycles. The number of rotatable bonds is 0. The maximum absolute atomic E-state index is 9.68. The number of aromatic hydroxyl groups is 1. The fraction of sp³-hybridized carbons (Fsp3) is 0.600. The number of hydrogen-bond acceptors (Lipinski definition) is 2. The van der Waals surface area contributed by atoms with E-state index in [1.54, 1.807) is 0 Å². The Balaban J connectivity index is 1.77. The zero-order valence-corrected chi connectivity index (χ0v) is 10.3. The van der Waals surface area contributed by atoms with Crippen molar-refractivity contribution in [3.8, 4) is 5.75 Å². The first-order valence-electron chi connectivity index (χ1n) is 6.78. The van der Waals surface area contributed by atoms with Crippen LogP contribution in [0, 0.1) is 5.92 Å². The van der Waals surface area contributed by atoms with E-state index in [0.29, 0.717) is 11.7 Å². The zero-order chi connectivity index (χ0) is 11.6. The van der Waals surface area contributed by atoms with Gasteiger partial charge in [0.2, 0.25) is 0 Å². The fourth-order valence-corrected chi connectivity index (χ4v) is 4.58. The van der Waals surface area contributed by atoms with Crippen LogP contribution < -0.4 is 0 Å². The molecule has 2 aliphatic heterocycles. The first-order chi connectivity index (χ1) is 8.24. The summed E-state index contributed by atoms with van der Waals surface area (Å²) >= 11 is 0. The highest BCUT2D eigenvalue weighted by Gasteiger charge is 2.48. The molecule has 2 heterocycles. The number of piperidine rings is 1. The van der Waals surface area contributed by atoms with Gasteiger partial charge in [-0.1, -0.05) is 6.07 Å². The van der Waals surface area contributed by atoms with Gasteiger partial charge in [-0.25, -0.2) is 0 Å². The van der Waals surface area contributed by atoms with Crippen molar-refractivity contribution in [3.05, 3.63) is 29.3 Å². The third-order valence-corrected chi connectivity index (χ3v) is 5.42. The van der Waals surface area contributed by atoms with Crippen LogP contribution in [-0.4, -0.2) is 29.1 Å². The average molecular weight is 229 g/mol. The molecule has 0 amide bonds. The second-order valence-corrected chi connectivity index (χ2v) is 6.06. The van der Waals surface area contributed by atoms with Crippen molar-refractivity contribution in [3.63, 3.8) is 0 Å². The van der Waals surface area contributed by atoms with Gasteiger partial charge in [0, 0.05) is 12.1 Å². The Morgan fingerprint density at radius 1 is 1.29 bits per heavy atom. The third-order valence-electron chi connectivity index (χ3n) is 5.42. The van der Waals surface area contributed by atoms with Crippen LogP contribution in [0.15, 0.2) is 18.2 Å². The molecule has 2 bridgehead atoms. The standard InChI is InChI=1S/C15H19NO/c1-16-10-3-5-15(16)14-6-9-2-4-11(17)8-12(9)13(14)7-10/h2,4,8,10,13-15,17H,3,5-7H2,1H3. The summed E-state index contributed by atoms with van der Waals surface area (Å²) in [6.07, 6.45) is 5.28. The van der Waals surface area contributed by atoms with Gasteiger partial charge in [-0.05, 0) is 67.8 Å². The predicted molar refractivity (Wildman–Crippen MR) is 67.2 cm³/mol. The third kappa shape index (κ3) is 1.25. The van der Waals surface area contributed by atoms with E-state index in [1.165, 1.54) is 36.8 Å². The first-order valence-corrected chi connectivity index (χ1v) is 6.78. The lowest BCUT2D eigenvalue weighted by Gasteiger charge is -2.40. The van der Waals surface area contributed by atoms with E-state index in [1.807, 2.05) is 12.1 Å². The minimum Gasteiger partial charge on any atom is -0.508 e. The van der Waals surface area contributed by atoms with E-state index >= 15 is 0 Å². The summed E-state index contributed by atoms with van der Waals surface area (Å²) in [5.41, 5.74) is 2.93. The number of benzene rings is 1. The average Bonchev–Trinajstić information content (AvgIpc) is 2.77. The molecule has 1 aliphatic carbocycles. The predicted octanol–water partition coefficient (Wildman–Crippen LogP) is 2.51. The lowest BCUT2D eigenvalue weighted by Crippen LogP contribution is -2.44. The summed E-state index contributed by atoms with van der Waals surface area (Å²) in [6, 6.07) is 7.57. The maximum atomic E-state index is 9.68. The molecule has 1 N–H and O–H groups in total. The van der Waals surface area contributed by atoms with E-state index in [2.05, 4.69) is 18.0 Å². The first kappa shape index (κ1) is 9.95. The molecule has 1 aromatic carbocycles. The Labute approximate surface area is 102 Å². The summed E-state index contributed by atoms with van der Waals surface area (Å²) in [5.74, 6) is 1.96. The molecule has 0 spiro atoms. The fourth-order valence-electron chi connectivity index (χ4n) is 4.58. The van der Waals surface area contributed by atoms with Crippen LogP contribution in [0.5, 0.6) is 5.75 Å². The van der Waals surface area contributed by atoms with Crippen molar-refractivity contribution in [1.29, 1.82) is 0 Å². The Kier molecular flexibility index (Phi) is 1.91. The molecule has 3 aliphatic rings. The molecule has 90 valence electrons. The minimum absolute atomic E-state index is 0.440. The van der Waals surface area contributed by atoms with E-state index < -0.39 is 0 Å². The van der Waals surface area contributed by atoms with Gasteiger partial charge in [0.15, 0.2) is 0 Å². The van der Waals surface area contributed by atoms with E-state index in [4.69, 9.17) is 0 Å². The van der Waals surface area contributed by atoms with Crippen LogP contribution in [0.25, 0.3) is 0 Å². The number of nitrogens with zero attached hydrogens (tertiary/aromatic N) is 1. The van der Waals surface area contributed by atoms with E-state index in [-0.39, 0.29) is 0 Å². The highest BCUT2D eigenvalue weighted by atomic mass is 16.3. The molecule has 4 rings (SSSR count). The van der Waals surface area contributed by atoms with E-state index in [9.17, 15) is 5.11 Å². The number of hydrogen-bond donors (Lipinski definition) is 1. The SMILES string of the molecule is CN1C2CCC1C1Cc3ccc(O)cc3C1C2. The lowest BCUT2D eigenvalue weighted by molar-refractivity contribution is 0.109. The number of fused-ring (bicyclic) bond motifs is 6. The van der Waals surface area contributed by atoms with Crippen molar-refractivity contribution in [2.75, 3.05) is 7.05 Å². The highest BCUT2D eigenvalue weighted by molar-refractivity contribution is 5.43. The summed E-state index contributed by atoms with van der Waals surface area (Å²) in [5, 5.41) is 9.68.